The normalized spacial score (nSPS) is 10.8. The van der Waals surface area contributed by atoms with Gasteiger partial charge in [0.2, 0.25) is 5.95 Å². The van der Waals surface area contributed by atoms with Gasteiger partial charge < -0.3 is 14.5 Å². The van der Waals surface area contributed by atoms with Crippen LogP contribution in [0.3, 0.4) is 0 Å². The quantitative estimate of drug-likeness (QED) is 0.852. The molecule has 0 aromatic carbocycles. The molecule has 2 aromatic heterocycles. The maximum Gasteiger partial charge on any atom is 0.203 e. The van der Waals surface area contributed by atoms with Gasteiger partial charge in [0.05, 0.1) is 12.2 Å². The molecule has 0 aliphatic carbocycles. The smallest absolute Gasteiger partial charge is 0.203 e. The minimum Gasteiger partial charge on any atom is -0.348 e. The highest BCUT2D eigenvalue weighted by Crippen LogP contribution is 2.11. The summed E-state index contributed by atoms with van der Waals surface area (Å²) in [5.41, 5.74) is 1.05. The lowest BCUT2D eigenvalue weighted by molar-refractivity contribution is 0.633. The minimum atomic E-state index is 0.700. The molecule has 0 spiro atoms. The van der Waals surface area contributed by atoms with E-state index in [9.17, 15) is 0 Å². The zero-order valence-electron chi connectivity index (χ0n) is 11.3. The van der Waals surface area contributed by atoms with Crippen LogP contribution in [-0.2, 0) is 20.1 Å². The van der Waals surface area contributed by atoms with Crippen LogP contribution in [0.2, 0.25) is 0 Å². The van der Waals surface area contributed by atoms with Crippen LogP contribution in [0.5, 0.6) is 0 Å². The number of rotatable bonds is 6. The van der Waals surface area contributed by atoms with Gasteiger partial charge in [0.25, 0.3) is 0 Å². The van der Waals surface area contributed by atoms with Gasteiger partial charge in [0.15, 0.2) is 0 Å². The average Bonchev–Trinajstić information content (AvgIpc) is 2.90. The van der Waals surface area contributed by atoms with E-state index in [2.05, 4.69) is 33.0 Å². The van der Waals surface area contributed by atoms with Crippen molar-refractivity contribution < 1.29 is 0 Å². The van der Waals surface area contributed by atoms with Gasteiger partial charge in [-0.15, -0.1) is 0 Å². The summed E-state index contributed by atoms with van der Waals surface area (Å²) in [4.78, 5) is 8.80. The van der Waals surface area contributed by atoms with Crippen LogP contribution in [0.4, 0.5) is 5.95 Å². The Morgan fingerprint density at radius 3 is 2.89 bits per heavy atom. The van der Waals surface area contributed by atoms with E-state index in [1.165, 1.54) is 12.8 Å². The highest BCUT2D eigenvalue weighted by atomic mass is 15.2. The second kappa shape index (κ2) is 5.71. The summed E-state index contributed by atoms with van der Waals surface area (Å²) in [7, 11) is 2.00. The number of hydrogen-bond acceptors (Lipinski definition) is 3. The fraction of sp³-hybridized carbons (Fsp3) is 0.538. The maximum absolute atomic E-state index is 4.51. The molecule has 0 atom stereocenters. The third-order valence-corrected chi connectivity index (χ3v) is 2.98. The molecule has 0 bridgehead atoms. The van der Waals surface area contributed by atoms with Crippen LogP contribution in [-0.4, -0.2) is 19.1 Å². The van der Waals surface area contributed by atoms with E-state index in [0.29, 0.717) is 6.54 Å². The third kappa shape index (κ3) is 2.91. The number of nitrogens with one attached hydrogen (secondary N) is 1. The molecule has 0 radical (unpaired) electrons. The molecule has 98 valence electrons. The van der Waals surface area contributed by atoms with Gasteiger partial charge in [0.1, 0.15) is 5.82 Å². The summed E-state index contributed by atoms with van der Waals surface area (Å²) in [6, 6.07) is 0. The number of hydrogen-bond donors (Lipinski definition) is 1. The molecule has 0 unspecified atom stereocenters. The van der Waals surface area contributed by atoms with Crippen LogP contribution >= 0.6 is 0 Å². The second-order valence-electron chi connectivity index (χ2n) is 4.56. The Bertz CT molecular complexity index is 497. The van der Waals surface area contributed by atoms with Crippen LogP contribution in [0.15, 0.2) is 18.6 Å². The first kappa shape index (κ1) is 12.7. The fourth-order valence-electron chi connectivity index (χ4n) is 1.91. The Morgan fingerprint density at radius 2 is 2.22 bits per heavy atom. The summed E-state index contributed by atoms with van der Waals surface area (Å²) in [5, 5.41) is 3.35. The lowest BCUT2D eigenvalue weighted by Gasteiger charge is -2.09. The van der Waals surface area contributed by atoms with Gasteiger partial charge in [-0.25, -0.2) is 9.97 Å². The zero-order valence-corrected chi connectivity index (χ0v) is 11.3. The van der Waals surface area contributed by atoms with Crippen molar-refractivity contribution in [1.82, 2.24) is 19.1 Å². The average molecular weight is 247 g/mol. The predicted octanol–water partition coefficient (Wildman–Crippen LogP) is 2.34. The van der Waals surface area contributed by atoms with Crippen molar-refractivity contribution in [2.24, 2.45) is 7.05 Å². The summed E-state index contributed by atoms with van der Waals surface area (Å²) in [6.07, 6.45) is 8.22. The fourth-order valence-corrected chi connectivity index (χ4v) is 1.91. The predicted molar refractivity (Wildman–Crippen MR) is 72.4 cm³/mol. The minimum absolute atomic E-state index is 0.700. The highest BCUT2D eigenvalue weighted by molar-refractivity contribution is 5.29. The van der Waals surface area contributed by atoms with Crippen molar-refractivity contribution in [2.45, 2.75) is 39.8 Å². The number of imidazole rings is 2. The molecule has 1 N–H and O–H groups in total. The molecule has 2 aromatic rings. The number of aromatic nitrogens is 4. The molecule has 5 heteroatoms. The molecular weight excluding hydrogens is 226 g/mol. The number of unbranched alkanes of at least 4 members (excludes halogenated alkanes) is 1. The zero-order chi connectivity index (χ0) is 13.0. The van der Waals surface area contributed by atoms with Gasteiger partial charge in [0, 0.05) is 32.2 Å². The van der Waals surface area contributed by atoms with Crippen molar-refractivity contribution in [1.29, 1.82) is 0 Å². The third-order valence-electron chi connectivity index (χ3n) is 2.98. The topological polar surface area (TPSA) is 47.7 Å². The monoisotopic (exact) mass is 247 g/mol. The Kier molecular flexibility index (Phi) is 4.02. The van der Waals surface area contributed by atoms with Crippen molar-refractivity contribution in [2.75, 3.05) is 5.32 Å². The van der Waals surface area contributed by atoms with Crippen LogP contribution in [0, 0.1) is 6.92 Å². The van der Waals surface area contributed by atoms with Gasteiger partial charge in [-0.05, 0) is 13.3 Å². The number of aryl methyl sites for hydroxylation is 3. The van der Waals surface area contributed by atoms with E-state index in [-0.39, 0.29) is 0 Å². The summed E-state index contributed by atoms with van der Waals surface area (Å²) >= 11 is 0. The summed E-state index contributed by atoms with van der Waals surface area (Å²) in [5.74, 6) is 1.95. The molecule has 2 rings (SSSR count). The largest absolute Gasteiger partial charge is 0.348 e. The van der Waals surface area contributed by atoms with Gasteiger partial charge in [-0.3, -0.25) is 0 Å². The van der Waals surface area contributed by atoms with E-state index in [4.69, 9.17) is 0 Å². The summed E-state index contributed by atoms with van der Waals surface area (Å²) in [6.45, 7) is 5.94. The molecule has 0 saturated carbocycles. The Morgan fingerprint density at radius 1 is 1.39 bits per heavy atom. The SMILES string of the molecule is CCCCn1cc(C)nc1NCc1nccn1C. The summed E-state index contributed by atoms with van der Waals surface area (Å²) < 4.78 is 4.20. The van der Waals surface area contributed by atoms with Crippen molar-refractivity contribution >= 4 is 5.95 Å². The molecule has 2 heterocycles. The molecular formula is C13H21N5. The van der Waals surface area contributed by atoms with Crippen LogP contribution in [0.1, 0.15) is 31.3 Å². The van der Waals surface area contributed by atoms with E-state index in [0.717, 1.165) is 24.0 Å². The van der Waals surface area contributed by atoms with E-state index < -0.39 is 0 Å². The second-order valence-corrected chi connectivity index (χ2v) is 4.56. The first-order valence-electron chi connectivity index (χ1n) is 6.44. The molecule has 5 nitrogen and oxygen atoms in total. The first-order valence-corrected chi connectivity index (χ1v) is 6.44. The van der Waals surface area contributed by atoms with Gasteiger partial charge in [-0.1, -0.05) is 13.3 Å². The first-order chi connectivity index (χ1) is 8.70. The van der Waals surface area contributed by atoms with E-state index in [1.54, 1.807) is 0 Å². The molecule has 0 saturated heterocycles. The number of nitrogens with zero attached hydrogens (tertiary/aromatic N) is 4. The number of anilines is 1. The van der Waals surface area contributed by atoms with Gasteiger partial charge in [-0.2, -0.15) is 0 Å². The highest BCUT2D eigenvalue weighted by Gasteiger charge is 2.06. The molecule has 0 fully saturated rings. The van der Waals surface area contributed by atoms with Crippen LogP contribution in [0.25, 0.3) is 0 Å². The van der Waals surface area contributed by atoms with E-state index >= 15 is 0 Å². The molecule has 0 amide bonds. The standard InChI is InChI=1S/C13H21N5/c1-4-5-7-18-10-11(2)16-13(18)15-9-12-14-6-8-17(12)3/h6,8,10H,4-5,7,9H2,1-3H3,(H,15,16). The van der Waals surface area contributed by atoms with E-state index in [1.807, 2.05) is 30.9 Å². The van der Waals surface area contributed by atoms with Crippen molar-refractivity contribution in [3.8, 4) is 0 Å². The Balaban J connectivity index is 2.02. The van der Waals surface area contributed by atoms with Crippen LogP contribution < -0.4 is 5.32 Å². The molecule has 0 aliphatic rings. The Hall–Kier alpha value is -1.78. The lowest BCUT2D eigenvalue weighted by atomic mass is 10.3. The van der Waals surface area contributed by atoms with Crippen molar-refractivity contribution in [3.63, 3.8) is 0 Å². The maximum atomic E-state index is 4.51. The van der Waals surface area contributed by atoms with Gasteiger partial charge >= 0.3 is 0 Å². The Labute approximate surface area is 108 Å². The molecule has 0 aliphatic heterocycles. The lowest BCUT2D eigenvalue weighted by Crippen LogP contribution is -2.10. The van der Waals surface area contributed by atoms with Crippen molar-refractivity contribution in [3.05, 3.63) is 30.1 Å². The molecule has 18 heavy (non-hydrogen) atoms.